The van der Waals surface area contributed by atoms with Crippen LogP contribution in [0.25, 0.3) is 0 Å². The van der Waals surface area contributed by atoms with Crippen LogP contribution >= 0.6 is 0 Å². The standard InChI is InChI=1S/C22H41N5O7/c1-11(2)7-14(25-20(31)16(10-28)24-17(29)9-23)19(30)27-18(13(5)6)21(32)26-15(22(33)34)8-12(3)4/h11-16,18,28H,7-10,23H2,1-6H3,(H,24,29)(H,25,31)(H,26,32)(H,27,30)(H,33,34)/t14-,15-,16-,18-/m0/s1. The maximum absolute atomic E-state index is 13.0. The van der Waals surface area contributed by atoms with Gasteiger partial charge in [0.25, 0.3) is 0 Å². The van der Waals surface area contributed by atoms with Crippen LogP contribution in [0.2, 0.25) is 0 Å². The number of hydrogen-bond acceptors (Lipinski definition) is 7. The summed E-state index contributed by atoms with van der Waals surface area (Å²) in [4.78, 5) is 61.4. The zero-order valence-corrected chi connectivity index (χ0v) is 20.9. The second-order valence-corrected chi connectivity index (χ2v) is 9.46. The Morgan fingerprint density at radius 1 is 0.706 bits per heavy atom. The molecule has 12 heteroatoms. The van der Waals surface area contributed by atoms with Crippen molar-refractivity contribution in [3.8, 4) is 0 Å². The lowest BCUT2D eigenvalue weighted by Gasteiger charge is -2.28. The lowest BCUT2D eigenvalue weighted by molar-refractivity contribution is -0.143. The van der Waals surface area contributed by atoms with Crippen LogP contribution in [0.1, 0.15) is 54.4 Å². The lowest BCUT2D eigenvalue weighted by atomic mass is 9.98. The van der Waals surface area contributed by atoms with E-state index in [1.54, 1.807) is 13.8 Å². The molecule has 0 unspecified atom stereocenters. The zero-order chi connectivity index (χ0) is 26.6. The van der Waals surface area contributed by atoms with Gasteiger partial charge in [0.2, 0.25) is 23.6 Å². The lowest BCUT2D eigenvalue weighted by Crippen LogP contribution is -2.59. The van der Waals surface area contributed by atoms with E-state index < -0.39 is 60.4 Å². The number of carbonyl (C=O) groups excluding carboxylic acids is 4. The highest BCUT2D eigenvalue weighted by Crippen LogP contribution is 2.10. The minimum Gasteiger partial charge on any atom is -0.480 e. The molecule has 34 heavy (non-hydrogen) atoms. The highest BCUT2D eigenvalue weighted by molar-refractivity contribution is 5.95. The van der Waals surface area contributed by atoms with Crippen molar-refractivity contribution in [3.05, 3.63) is 0 Å². The predicted molar refractivity (Wildman–Crippen MR) is 125 cm³/mol. The third-order valence-electron chi connectivity index (χ3n) is 4.93. The number of nitrogens with one attached hydrogen (secondary N) is 4. The Balaban J connectivity index is 5.53. The van der Waals surface area contributed by atoms with Gasteiger partial charge in [-0.25, -0.2) is 4.79 Å². The molecule has 0 bridgehead atoms. The van der Waals surface area contributed by atoms with Crippen molar-refractivity contribution >= 4 is 29.6 Å². The average molecular weight is 488 g/mol. The summed E-state index contributed by atoms with van der Waals surface area (Å²) in [7, 11) is 0. The Kier molecular flexibility index (Phi) is 14.0. The monoisotopic (exact) mass is 487 g/mol. The third-order valence-corrected chi connectivity index (χ3v) is 4.93. The average Bonchev–Trinajstić information content (AvgIpc) is 2.73. The summed E-state index contributed by atoms with van der Waals surface area (Å²) < 4.78 is 0. The van der Waals surface area contributed by atoms with E-state index in [0.717, 1.165) is 0 Å². The van der Waals surface area contributed by atoms with E-state index in [0.29, 0.717) is 0 Å². The molecule has 4 amide bonds. The van der Waals surface area contributed by atoms with E-state index in [1.165, 1.54) is 0 Å². The van der Waals surface area contributed by atoms with Gasteiger partial charge in [0.15, 0.2) is 0 Å². The molecule has 0 saturated carbocycles. The molecule has 0 fully saturated rings. The molecule has 196 valence electrons. The molecule has 0 spiro atoms. The fraction of sp³-hybridized carbons (Fsp3) is 0.773. The summed E-state index contributed by atoms with van der Waals surface area (Å²) in [6.07, 6.45) is 0.445. The molecular weight excluding hydrogens is 446 g/mol. The number of aliphatic hydroxyl groups excluding tert-OH is 1. The molecule has 0 aliphatic heterocycles. The molecule has 0 heterocycles. The minimum atomic E-state index is -1.30. The van der Waals surface area contributed by atoms with Gasteiger partial charge in [-0.15, -0.1) is 0 Å². The summed E-state index contributed by atoms with van der Waals surface area (Å²) in [5.41, 5.74) is 5.22. The first kappa shape index (κ1) is 31.3. The molecule has 12 nitrogen and oxygen atoms in total. The molecule has 8 N–H and O–H groups in total. The molecule has 0 aromatic carbocycles. The molecule has 0 aromatic rings. The van der Waals surface area contributed by atoms with Crippen LogP contribution in [-0.4, -0.2) is 77.1 Å². The fourth-order valence-electron chi connectivity index (χ4n) is 3.17. The second-order valence-electron chi connectivity index (χ2n) is 9.46. The third kappa shape index (κ3) is 11.4. The summed E-state index contributed by atoms with van der Waals surface area (Å²) in [6.45, 7) is 9.66. The van der Waals surface area contributed by atoms with Gasteiger partial charge in [-0.1, -0.05) is 41.5 Å². The highest BCUT2D eigenvalue weighted by Gasteiger charge is 2.32. The van der Waals surface area contributed by atoms with Crippen molar-refractivity contribution < 1.29 is 34.2 Å². The van der Waals surface area contributed by atoms with Crippen molar-refractivity contribution in [2.45, 2.75) is 78.6 Å². The first-order valence-corrected chi connectivity index (χ1v) is 11.5. The van der Waals surface area contributed by atoms with Crippen molar-refractivity contribution in [3.63, 3.8) is 0 Å². The first-order chi connectivity index (χ1) is 15.7. The molecule has 0 saturated heterocycles. The highest BCUT2D eigenvalue weighted by atomic mass is 16.4. The minimum absolute atomic E-state index is 0.0176. The van der Waals surface area contributed by atoms with E-state index in [2.05, 4.69) is 21.3 Å². The molecule has 0 rings (SSSR count). The van der Waals surface area contributed by atoms with Crippen LogP contribution in [0.3, 0.4) is 0 Å². The number of amides is 4. The van der Waals surface area contributed by atoms with Crippen molar-refractivity contribution in [2.75, 3.05) is 13.2 Å². The molecule has 4 atom stereocenters. The molecule has 0 aromatic heterocycles. The Morgan fingerprint density at radius 2 is 1.18 bits per heavy atom. The van der Waals surface area contributed by atoms with Gasteiger partial charge >= 0.3 is 5.97 Å². The predicted octanol–water partition coefficient (Wildman–Crippen LogP) is -1.29. The number of hydrogen-bond donors (Lipinski definition) is 7. The van der Waals surface area contributed by atoms with E-state index >= 15 is 0 Å². The first-order valence-electron chi connectivity index (χ1n) is 11.5. The summed E-state index contributed by atoms with van der Waals surface area (Å²) in [5, 5.41) is 28.7. The van der Waals surface area contributed by atoms with E-state index in [9.17, 15) is 34.2 Å². The van der Waals surface area contributed by atoms with Gasteiger partial charge in [-0.2, -0.15) is 0 Å². The van der Waals surface area contributed by atoms with Crippen LogP contribution in [0.15, 0.2) is 0 Å². The summed E-state index contributed by atoms with van der Waals surface area (Å²) in [6, 6.07) is -4.50. The summed E-state index contributed by atoms with van der Waals surface area (Å²) in [5.74, 6) is -4.25. The van der Waals surface area contributed by atoms with Crippen LogP contribution in [0.5, 0.6) is 0 Å². The number of aliphatic hydroxyl groups is 1. The van der Waals surface area contributed by atoms with Crippen LogP contribution in [0, 0.1) is 17.8 Å². The molecule has 0 aliphatic rings. The van der Waals surface area contributed by atoms with E-state index in [4.69, 9.17) is 5.73 Å². The Bertz CT molecular complexity index is 712. The van der Waals surface area contributed by atoms with Gasteiger partial charge in [0.1, 0.15) is 24.2 Å². The van der Waals surface area contributed by atoms with Crippen molar-refractivity contribution in [1.82, 2.24) is 21.3 Å². The Hall–Kier alpha value is -2.73. The summed E-state index contributed by atoms with van der Waals surface area (Å²) >= 11 is 0. The van der Waals surface area contributed by atoms with Gasteiger partial charge in [0.05, 0.1) is 13.2 Å². The zero-order valence-electron chi connectivity index (χ0n) is 20.9. The number of carbonyl (C=O) groups is 5. The quantitative estimate of drug-likeness (QED) is 0.148. The molecular formula is C22H41N5O7. The van der Waals surface area contributed by atoms with Gasteiger partial charge in [0, 0.05) is 0 Å². The van der Waals surface area contributed by atoms with E-state index in [-0.39, 0.29) is 37.1 Å². The van der Waals surface area contributed by atoms with Crippen LogP contribution in [-0.2, 0) is 24.0 Å². The van der Waals surface area contributed by atoms with Crippen LogP contribution in [0.4, 0.5) is 0 Å². The Morgan fingerprint density at radius 3 is 1.59 bits per heavy atom. The number of carboxylic acids is 1. The van der Waals surface area contributed by atoms with Crippen molar-refractivity contribution in [1.29, 1.82) is 0 Å². The number of nitrogens with two attached hydrogens (primary N) is 1. The maximum atomic E-state index is 13.0. The largest absolute Gasteiger partial charge is 0.480 e. The van der Waals surface area contributed by atoms with Gasteiger partial charge < -0.3 is 37.2 Å². The smallest absolute Gasteiger partial charge is 0.326 e. The number of carboxylic acid groups (broad SMARTS) is 1. The number of aliphatic carboxylic acids is 1. The van der Waals surface area contributed by atoms with Crippen molar-refractivity contribution in [2.24, 2.45) is 23.5 Å². The fourth-order valence-corrected chi connectivity index (χ4v) is 3.17. The number of rotatable bonds is 15. The Labute approximate surface area is 200 Å². The van der Waals surface area contributed by atoms with Crippen LogP contribution < -0.4 is 27.0 Å². The van der Waals surface area contributed by atoms with Gasteiger partial charge in [-0.3, -0.25) is 19.2 Å². The SMILES string of the molecule is CC(C)C[C@H](NC(=O)[C@@H](NC(=O)[C@H](CC(C)C)NC(=O)[C@H](CO)NC(=O)CN)C(C)C)C(=O)O. The molecule has 0 aliphatic carbocycles. The molecule has 0 radical (unpaired) electrons. The maximum Gasteiger partial charge on any atom is 0.326 e. The van der Waals surface area contributed by atoms with E-state index in [1.807, 2.05) is 27.7 Å². The normalized spacial score (nSPS) is 14.8. The topological polar surface area (TPSA) is 200 Å². The van der Waals surface area contributed by atoms with Gasteiger partial charge in [-0.05, 0) is 30.6 Å². The second kappa shape index (κ2) is 15.2.